The quantitative estimate of drug-likeness (QED) is 0.310. The Balaban J connectivity index is 1.53. The molecule has 0 saturated heterocycles. The molecule has 0 amide bonds. The number of aromatic nitrogens is 4. The Kier molecular flexibility index (Phi) is 5.82. The lowest BCUT2D eigenvalue weighted by atomic mass is 9.98. The zero-order valence-corrected chi connectivity index (χ0v) is 20.3. The Hall–Kier alpha value is -4.77. The summed E-state index contributed by atoms with van der Waals surface area (Å²) in [5.74, 6) is 1.00. The van der Waals surface area contributed by atoms with Crippen molar-refractivity contribution in [2.24, 2.45) is 7.05 Å². The number of nitrogens with zero attached hydrogens (tertiary/aromatic N) is 5. The second-order valence-electron chi connectivity index (χ2n) is 8.72. The fourth-order valence-corrected chi connectivity index (χ4v) is 4.08. The summed E-state index contributed by atoms with van der Waals surface area (Å²) in [6, 6.07) is 18.1. The average Bonchev–Trinajstić information content (AvgIpc) is 3.22. The molecule has 2 heterocycles. The molecule has 5 aromatic rings. The molecule has 1 N–H and O–H groups in total. The van der Waals surface area contributed by atoms with Crippen LogP contribution in [0.4, 0.5) is 16.0 Å². The Labute approximate surface area is 207 Å². The first kappa shape index (κ1) is 23.0. The summed E-state index contributed by atoms with van der Waals surface area (Å²) in [6.07, 6.45) is 1.65. The van der Waals surface area contributed by atoms with E-state index in [2.05, 4.69) is 26.3 Å². The molecule has 36 heavy (non-hydrogen) atoms. The first-order valence-electron chi connectivity index (χ1n) is 11.3. The molecule has 2 aromatic heterocycles. The summed E-state index contributed by atoms with van der Waals surface area (Å²) in [5, 5.41) is 12.2. The minimum absolute atomic E-state index is 0.257. The van der Waals surface area contributed by atoms with Crippen molar-refractivity contribution in [2.45, 2.75) is 20.8 Å². The van der Waals surface area contributed by atoms with Crippen molar-refractivity contribution in [2.75, 3.05) is 5.32 Å². The molecule has 0 saturated carbocycles. The van der Waals surface area contributed by atoms with Gasteiger partial charge in [-0.05, 0) is 85.5 Å². The van der Waals surface area contributed by atoms with E-state index in [-0.39, 0.29) is 5.82 Å². The monoisotopic (exact) mass is 478 g/mol. The summed E-state index contributed by atoms with van der Waals surface area (Å²) in [6.45, 7) is 5.71. The highest BCUT2D eigenvalue weighted by Crippen LogP contribution is 2.36. The van der Waals surface area contributed by atoms with Crippen LogP contribution in [-0.2, 0) is 7.05 Å². The number of benzene rings is 3. The number of anilines is 2. The number of halogens is 1. The van der Waals surface area contributed by atoms with Crippen molar-refractivity contribution in [1.82, 2.24) is 19.5 Å². The second-order valence-corrected chi connectivity index (χ2v) is 8.72. The van der Waals surface area contributed by atoms with Gasteiger partial charge in [-0.1, -0.05) is 12.1 Å². The van der Waals surface area contributed by atoms with Gasteiger partial charge >= 0.3 is 0 Å². The fourth-order valence-electron chi connectivity index (χ4n) is 4.08. The van der Waals surface area contributed by atoms with Crippen molar-refractivity contribution in [3.05, 3.63) is 89.0 Å². The van der Waals surface area contributed by atoms with Crippen LogP contribution >= 0.6 is 0 Å². The first-order valence-corrected chi connectivity index (χ1v) is 11.3. The molecule has 0 fully saturated rings. The van der Waals surface area contributed by atoms with Crippen molar-refractivity contribution < 1.29 is 9.13 Å². The van der Waals surface area contributed by atoms with Crippen LogP contribution < -0.4 is 10.1 Å². The standard InChI is InChI=1S/C28H23FN6O/c1-16-5-10-22(23(29)11-16)20-12-17(2)25(18(3)13-20)36-27-24-26(35(4)15-31-24)33-28(34-27)32-21-8-6-19(14-30)7-9-21/h5-13,15H,1-4H3,(H,32,33,34). The Morgan fingerprint density at radius 1 is 0.972 bits per heavy atom. The third-order valence-corrected chi connectivity index (χ3v) is 5.89. The maximum Gasteiger partial charge on any atom is 0.252 e. The molecular weight excluding hydrogens is 455 g/mol. The highest BCUT2D eigenvalue weighted by atomic mass is 19.1. The van der Waals surface area contributed by atoms with Gasteiger partial charge in [-0.25, -0.2) is 9.37 Å². The number of nitrogens with one attached hydrogen (secondary N) is 1. The third-order valence-electron chi connectivity index (χ3n) is 5.89. The van der Waals surface area contributed by atoms with Gasteiger partial charge in [-0.15, -0.1) is 0 Å². The molecule has 0 spiro atoms. The zero-order valence-electron chi connectivity index (χ0n) is 20.3. The van der Waals surface area contributed by atoms with Crippen molar-refractivity contribution in [1.29, 1.82) is 5.26 Å². The molecule has 7 nitrogen and oxygen atoms in total. The van der Waals surface area contributed by atoms with Crippen molar-refractivity contribution in [3.8, 4) is 28.8 Å². The summed E-state index contributed by atoms with van der Waals surface area (Å²) in [5.41, 5.74) is 6.30. The van der Waals surface area contributed by atoms with Crippen LogP contribution in [0.2, 0.25) is 0 Å². The van der Waals surface area contributed by atoms with E-state index in [1.54, 1.807) is 41.2 Å². The largest absolute Gasteiger partial charge is 0.436 e. The molecular formula is C28H23FN6O. The number of aryl methyl sites for hydroxylation is 4. The molecule has 0 unspecified atom stereocenters. The SMILES string of the molecule is Cc1ccc(-c2cc(C)c(Oc3nc(Nc4ccc(C#N)cc4)nc4c3ncn4C)c(C)c2)c(F)c1. The molecule has 3 aromatic carbocycles. The van der Waals surface area contributed by atoms with Crippen LogP contribution in [0.1, 0.15) is 22.3 Å². The van der Waals surface area contributed by atoms with Crippen LogP contribution in [-0.4, -0.2) is 19.5 Å². The Morgan fingerprint density at radius 2 is 1.69 bits per heavy atom. The number of nitriles is 1. The van der Waals surface area contributed by atoms with Crippen LogP contribution in [0.3, 0.4) is 0 Å². The lowest BCUT2D eigenvalue weighted by Crippen LogP contribution is -2.02. The van der Waals surface area contributed by atoms with Crippen LogP contribution in [0.25, 0.3) is 22.3 Å². The van der Waals surface area contributed by atoms with Gasteiger partial charge < -0.3 is 14.6 Å². The molecule has 0 radical (unpaired) electrons. The highest BCUT2D eigenvalue weighted by Gasteiger charge is 2.18. The van der Waals surface area contributed by atoms with Gasteiger partial charge in [0.25, 0.3) is 5.88 Å². The van der Waals surface area contributed by atoms with Crippen LogP contribution in [0.15, 0.2) is 60.9 Å². The molecule has 8 heteroatoms. The van der Waals surface area contributed by atoms with Crippen LogP contribution in [0, 0.1) is 37.9 Å². The van der Waals surface area contributed by atoms with Gasteiger partial charge in [0.05, 0.1) is 18.0 Å². The second kappa shape index (κ2) is 9.12. The zero-order chi connectivity index (χ0) is 25.4. The lowest BCUT2D eigenvalue weighted by molar-refractivity contribution is 0.461. The minimum atomic E-state index is -0.257. The third kappa shape index (κ3) is 4.34. The van der Waals surface area contributed by atoms with E-state index >= 15 is 0 Å². The number of fused-ring (bicyclic) bond motifs is 1. The predicted molar refractivity (Wildman–Crippen MR) is 137 cm³/mol. The molecule has 0 atom stereocenters. The number of hydrogen-bond acceptors (Lipinski definition) is 6. The highest BCUT2D eigenvalue weighted by molar-refractivity contribution is 5.79. The van der Waals surface area contributed by atoms with E-state index in [4.69, 9.17) is 10.00 Å². The molecule has 0 aliphatic heterocycles. The topological polar surface area (TPSA) is 88.7 Å². The Bertz CT molecular complexity index is 1630. The first-order chi connectivity index (χ1) is 17.3. The van der Waals surface area contributed by atoms with Gasteiger partial charge in [-0.2, -0.15) is 15.2 Å². The summed E-state index contributed by atoms with van der Waals surface area (Å²) >= 11 is 0. The number of hydrogen-bond donors (Lipinski definition) is 1. The Morgan fingerprint density at radius 3 is 2.36 bits per heavy atom. The average molecular weight is 479 g/mol. The molecule has 5 rings (SSSR count). The number of imidazole rings is 1. The molecule has 0 aliphatic carbocycles. The normalized spacial score (nSPS) is 10.9. The van der Waals surface area contributed by atoms with Gasteiger partial charge in [-0.3, -0.25) is 0 Å². The van der Waals surface area contributed by atoms with Gasteiger partial charge in [0.15, 0.2) is 11.2 Å². The number of rotatable bonds is 5. The maximum atomic E-state index is 14.6. The van der Waals surface area contributed by atoms with Gasteiger partial charge in [0.1, 0.15) is 11.6 Å². The van der Waals surface area contributed by atoms with E-state index in [9.17, 15) is 4.39 Å². The molecule has 0 aliphatic rings. The summed E-state index contributed by atoms with van der Waals surface area (Å²) < 4.78 is 22.7. The van der Waals surface area contributed by atoms with E-state index in [0.29, 0.717) is 39.9 Å². The summed E-state index contributed by atoms with van der Waals surface area (Å²) in [7, 11) is 1.85. The summed E-state index contributed by atoms with van der Waals surface area (Å²) in [4.78, 5) is 13.6. The molecule has 0 bridgehead atoms. The van der Waals surface area contributed by atoms with Gasteiger partial charge in [0, 0.05) is 18.3 Å². The van der Waals surface area contributed by atoms with Crippen molar-refractivity contribution >= 4 is 22.8 Å². The van der Waals surface area contributed by atoms with E-state index in [0.717, 1.165) is 27.9 Å². The van der Waals surface area contributed by atoms with Crippen molar-refractivity contribution in [3.63, 3.8) is 0 Å². The predicted octanol–water partition coefficient (Wildman–Crippen LogP) is 6.50. The van der Waals surface area contributed by atoms with Crippen LogP contribution in [0.5, 0.6) is 11.6 Å². The lowest BCUT2D eigenvalue weighted by Gasteiger charge is -2.15. The van der Waals surface area contributed by atoms with E-state index in [1.165, 1.54) is 6.07 Å². The maximum absolute atomic E-state index is 14.6. The van der Waals surface area contributed by atoms with E-state index in [1.807, 2.05) is 46.0 Å². The molecule has 178 valence electrons. The fraction of sp³-hybridized carbons (Fsp3) is 0.143. The minimum Gasteiger partial charge on any atom is -0.436 e. The van der Waals surface area contributed by atoms with E-state index < -0.39 is 0 Å². The van der Waals surface area contributed by atoms with Gasteiger partial charge in [0.2, 0.25) is 5.95 Å². The number of ether oxygens (including phenoxy) is 1. The smallest absolute Gasteiger partial charge is 0.252 e.